The third kappa shape index (κ3) is 4.32. The third-order valence-corrected chi connectivity index (χ3v) is 5.65. The summed E-state index contributed by atoms with van der Waals surface area (Å²) in [5.74, 6) is 0. The average molecular weight is 385 g/mol. The molecule has 0 aliphatic heterocycles. The second-order valence-corrected chi connectivity index (χ2v) is 7.65. The lowest BCUT2D eigenvalue weighted by Crippen LogP contribution is -2.08. The molecule has 0 unspecified atom stereocenters. The van der Waals surface area contributed by atoms with Crippen molar-refractivity contribution in [2.45, 2.75) is 45.2 Å². The number of unbranched alkanes of at least 4 members (excludes halogenated alkanes) is 4. The Bertz CT molecular complexity index is 1140. The van der Waals surface area contributed by atoms with Gasteiger partial charge in [0.25, 0.3) is 0 Å². The van der Waals surface area contributed by atoms with Crippen LogP contribution >= 0.6 is 0 Å². The van der Waals surface area contributed by atoms with E-state index in [1.54, 1.807) is 0 Å². The van der Waals surface area contributed by atoms with Crippen LogP contribution < -0.4 is 10.7 Å². The van der Waals surface area contributed by atoms with Gasteiger partial charge >= 0.3 is 0 Å². The molecule has 4 aromatic rings. The summed E-state index contributed by atoms with van der Waals surface area (Å²) >= 11 is 0. The van der Waals surface area contributed by atoms with Gasteiger partial charge in [0, 0.05) is 36.3 Å². The fourth-order valence-corrected chi connectivity index (χ4v) is 4.06. The van der Waals surface area contributed by atoms with Crippen molar-refractivity contribution in [3.8, 4) is 0 Å². The van der Waals surface area contributed by atoms with Crippen LogP contribution in [-0.4, -0.2) is 9.13 Å². The molecule has 148 valence electrons. The number of nitrogens with one attached hydrogen (secondary N) is 2. The highest BCUT2D eigenvalue weighted by Crippen LogP contribution is 2.14. The van der Waals surface area contributed by atoms with Crippen LogP contribution in [0.3, 0.4) is 0 Å². The minimum atomic E-state index is 0.598. The number of aromatic nitrogens is 2. The summed E-state index contributed by atoms with van der Waals surface area (Å²) in [5.41, 5.74) is 2.31. The van der Waals surface area contributed by atoms with E-state index in [-0.39, 0.29) is 0 Å². The molecule has 0 aliphatic rings. The van der Waals surface area contributed by atoms with Crippen LogP contribution in [0.1, 0.15) is 32.1 Å². The fourth-order valence-electron chi connectivity index (χ4n) is 4.06. The van der Waals surface area contributed by atoms with Gasteiger partial charge in [-0.05, 0) is 37.1 Å². The van der Waals surface area contributed by atoms with Crippen molar-refractivity contribution in [3.05, 3.63) is 83.8 Å². The second-order valence-electron chi connectivity index (χ2n) is 7.65. The Morgan fingerprint density at radius 2 is 0.931 bits per heavy atom. The van der Waals surface area contributed by atoms with Gasteiger partial charge in [-0.25, -0.2) is 0 Å². The fraction of sp³-hybridized carbons (Fsp3) is 0.280. The predicted octanol–water partition coefficient (Wildman–Crippen LogP) is 5.21. The summed E-state index contributed by atoms with van der Waals surface area (Å²) in [6, 6.07) is 20.2. The molecule has 0 radical (unpaired) electrons. The Balaban J connectivity index is 1.26. The van der Waals surface area contributed by atoms with Gasteiger partial charge in [-0.3, -0.25) is 0 Å². The van der Waals surface area contributed by atoms with Crippen LogP contribution in [0.25, 0.3) is 21.8 Å². The molecule has 0 spiro atoms. The summed E-state index contributed by atoms with van der Waals surface area (Å²) < 4.78 is 4.55. The number of rotatable bonds is 8. The molecule has 29 heavy (non-hydrogen) atoms. The Morgan fingerprint density at radius 3 is 1.41 bits per heavy atom. The summed E-state index contributed by atoms with van der Waals surface area (Å²) in [7, 11) is 0. The van der Waals surface area contributed by atoms with E-state index in [2.05, 4.69) is 21.3 Å². The summed E-state index contributed by atoms with van der Waals surface area (Å²) in [4.78, 5) is 0. The van der Waals surface area contributed by atoms with Crippen LogP contribution in [0, 0.1) is 10.8 Å². The molecule has 0 saturated heterocycles. The number of para-hydroxylation sites is 2. The van der Waals surface area contributed by atoms with E-state index < -0.39 is 0 Å². The molecule has 2 heterocycles. The molecule has 0 fully saturated rings. The predicted molar refractivity (Wildman–Crippen MR) is 119 cm³/mol. The first-order chi connectivity index (χ1) is 14.2. The van der Waals surface area contributed by atoms with Crippen molar-refractivity contribution in [1.29, 1.82) is 10.8 Å². The molecule has 0 amide bonds. The normalized spacial score (nSPS) is 11.3. The van der Waals surface area contributed by atoms with E-state index in [9.17, 15) is 0 Å². The minimum absolute atomic E-state index is 0.598. The van der Waals surface area contributed by atoms with E-state index in [4.69, 9.17) is 10.8 Å². The highest BCUT2D eigenvalue weighted by molar-refractivity contribution is 5.78. The van der Waals surface area contributed by atoms with Gasteiger partial charge in [-0.15, -0.1) is 0 Å². The topological polar surface area (TPSA) is 57.6 Å². The molecular formula is C25H28N4. The average Bonchev–Trinajstić information content (AvgIpc) is 2.76. The molecule has 0 aliphatic carbocycles. The number of hydrogen-bond acceptors (Lipinski definition) is 2. The zero-order valence-electron chi connectivity index (χ0n) is 16.8. The standard InChI is InChI=1S/C25H28N4/c26-22-14-18-28(24-12-6-4-10-20(22)24)16-8-2-1-3-9-17-29-19-15-23(27)21-11-5-7-13-25(21)29/h4-7,10-15,18-19,26-27H,1-3,8-9,16-17H2. The van der Waals surface area contributed by atoms with Crippen LogP contribution in [-0.2, 0) is 13.1 Å². The number of aryl methyl sites for hydroxylation is 2. The van der Waals surface area contributed by atoms with Crippen LogP contribution in [0.2, 0.25) is 0 Å². The molecule has 4 heteroatoms. The van der Waals surface area contributed by atoms with E-state index in [0.29, 0.717) is 10.7 Å². The first-order valence-electron chi connectivity index (χ1n) is 10.5. The van der Waals surface area contributed by atoms with Gasteiger partial charge in [0.05, 0.1) is 21.7 Å². The Kier molecular flexibility index (Phi) is 5.89. The van der Waals surface area contributed by atoms with Gasteiger partial charge in [-0.2, -0.15) is 0 Å². The molecule has 0 atom stereocenters. The van der Waals surface area contributed by atoms with Gasteiger partial charge in [-0.1, -0.05) is 55.7 Å². The lowest BCUT2D eigenvalue weighted by Gasteiger charge is -2.12. The molecule has 0 bridgehead atoms. The van der Waals surface area contributed by atoms with Crippen molar-refractivity contribution in [2.75, 3.05) is 0 Å². The van der Waals surface area contributed by atoms with Gasteiger partial charge < -0.3 is 20.0 Å². The van der Waals surface area contributed by atoms with Crippen LogP contribution in [0.15, 0.2) is 73.1 Å². The van der Waals surface area contributed by atoms with Crippen LogP contribution in [0.5, 0.6) is 0 Å². The van der Waals surface area contributed by atoms with Crippen molar-refractivity contribution in [1.82, 2.24) is 9.13 Å². The first kappa shape index (κ1) is 19.2. The highest BCUT2D eigenvalue weighted by atomic mass is 14.9. The molecular weight excluding hydrogens is 356 g/mol. The van der Waals surface area contributed by atoms with Crippen molar-refractivity contribution in [2.24, 2.45) is 0 Å². The summed E-state index contributed by atoms with van der Waals surface area (Å²) in [6.07, 6.45) is 10.1. The maximum absolute atomic E-state index is 8.06. The quantitative estimate of drug-likeness (QED) is 0.392. The van der Waals surface area contributed by atoms with Gasteiger partial charge in [0.1, 0.15) is 0 Å². The van der Waals surface area contributed by atoms with Crippen molar-refractivity contribution in [3.63, 3.8) is 0 Å². The Morgan fingerprint density at radius 1 is 0.517 bits per heavy atom. The lowest BCUT2D eigenvalue weighted by atomic mass is 10.1. The zero-order chi connectivity index (χ0) is 20.1. The third-order valence-electron chi connectivity index (χ3n) is 5.65. The maximum atomic E-state index is 8.06. The second kappa shape index (κ2) is 8.91. The number of nitrogens with zero attached hydrogens (tertiary/aromatic N) is 2. The highest BCUT2D eigenvalue weighted by Gasteiger charge is 2.02. The SMILES string of the molecule is N=c1ccn(CCCCCCCn2ccc(=N)c3ccccc32)c2ccccc12. The smallest absolute Gasteiger partial charge is 0.0647 e. The monoisotopic (exact) mass is 384 g/mol. The Labute approximate surface area is 171 Å². The zero-order valence-corrected chi connectivity index (χ0v) is 16.8. The largest absolute Gasteiger partial charge is 0.347 e. The first-order valence-corrected chi connectivity index (χ1v) is 10.5. The molecule has 4 rings (SSSR count). The molecule has 2 aromatic carbocycles. The molecule has 4 nitrogen and oxygen atoms in total. The number of hydrogen-bond donors (Lipinski definition) is 2. The van der Waals surface area contributed by atoms with E-state index >= 15 is 0 Å². The van der Waals surface area contributed by atoms with Gasteiger partial charge in [0.2, 0.25) is 0 Å². The van der Waals surface area contributed by atoms with Crippen molar-refractivity contribution < 1.29 is 0 Å². The molecule has 2 N–H and O–H groups in total. The van der Waals surface area contributed by atoms with Crippen LogP contribution in [0.4, 0.5) is 0 Å². The number of fused-ring (bicyclic) bond motifs is 2. The Hall–Kier alpha value is -3.14. The number of pyridine rings is 2. The van der Waals surface area contributed by atoms with E-state index in [0.717, 1.165) is 47.7 Å². The lowest BCUT2D eigenvalue weighted by molar-refractivity contribution is 0.542. The summed E-state index contributed by atoms with van der Waals surface area (Å²) in [5, 5.41) is 19.4. The molecule has 2 aromatic heterocycles. The van der Waals surface area contributed by atoms with E-state index in [1.807, 2.05) is 60.9 Å². The van der Waals surface area contributed by atoms with Gasteiger partial charge in [0.15, 0.2) is 0 Å². The van der Waals surface area contributed by atoms with Crippen molar-refractivity contribution >= 4 is 21.8 Å². The minimum Gasteiger partial charge on any atom is -0.347 e. The maximum Gasteiger partial charge on any atom is 0.0647 e. The molecule has 0 saturated carbocycles. The number of benzene rings is 2. The van der Waals surface area contributed by atoms with E-state index in [1.165, 1.54) is 19.3 Å². The summed E-state index contributed by atoms with van der Waals surface area (Å²) in [6.45, 7) is 2.01.